The largest absolute Gasteiger partial charge is 0.416 e. The van der Waals surface area contributed by atoms with Gasteiger partial charge in [-0.3, -0.25) is 0 Å². The molecule has 2 aromatic carbocycles. The smallest absolute Gasteiger partial charge is 0.309 e. The molecule has 1 nitrogen and oxygen atoms in total. The van der Waals surface area contributed by atoms with E-state index in [-0.39, 0.29) is 6.04 Å². The van der Waals surface area contributed by atoms with E-state index in [2.05, 4.69) is 21.2 Å². The van der Waals surface area contributed by atoms with Crippen molar-refractivity contribution in [3.05, 3.63) is 68.7 Å². The maximum absolute atomic E-state index is 12.6. The summed E-state index contributed by atoms with van der Waals surface area (Å²) >= 11 is 9.53. The molecule has 2 rings (SSSR count). The third kappa shape index (κ3) is 3.78. The van der Waals surface area contributed by atoms with Crippen molar-refractivity contribution in [2.75, 3.05) is 7.05 Å². The summed E-state index contributed by atoms with van der Waals surface area (Å²) in [6.07, 6.45) is -4.33. The summed E-state index contributed by atoms with van der Waals surface area (Å²) in [6, 6.07) is 10.2. The van der Waals surface area contributed by atoms with Crippen LogP contribution in [0.4, 0.5) is 13.2 Å². The lowest BCUT2D eigenvalue weighted by molar-refractivity contribution is -0.137. The van der Waals surface area contributed by atoms with Crippen LogP contribution in [0.25, 0.3) is 0 Å². The van der Waals surface area contributed by atoms with Crippen LogP contribution in [-0.2, 0) is 6.18 Å². The molecule has 0 aliphatic heterocycles. The van der Waals surface area contributed by atoms with Gasteiger partial charge in [-0.2, -0.15) is 13.2 Å². The summed E-state index contributed by atoms with van der Waals surface area (Å²) in [4.78, 5) is 0. The van der Waals surface area contributed by atoms with Crippen molar-refractivity contribution in [1.29, 1.82) is 0 Å². The van der Waals surface area contributed by atoms with Crippen molar-refractivity contribution < 1.29 is 13.2 Å². The maximum Gasteiger partial charge on any atom is 0.416 e. The summed E-state index contributed by atoms with van der Waals surface area (Å²) in [5.41, 5.74) is 0.861. The van der Waals surface area contributed by atoms with E-state index < -0.39 is 11.7 Å². The van der Waals surface area contributed by atoms with Crippen LogP contribution in [0.1, 0.15) is 22.7 Å². The second-order valence-corrected chi connectivity index (χ2v) is 5.83. The van der Waals surface area contributed by atoms with E-state index in [1.54, 1.807) is 13.1 Å². The Balaban J connectivity index is 2.37. The molecule has 0 aromatic heterocycles. The minimum atomic E-state index is -4.33. The van der Waals surface area contributed by atoms with E-state index in [0.717, 1.165) is 27.7 Å². The van der Waals surface area contributed by atoms with Gasteiger partial charge >= 0.3 is 6.18 Å². The molecule has 1 atom stereocenters. The monoisotopic (exact) mass is 377 g/mol. The zero-order valence-electron chi connectivity index (χ0n) is 11.0. The van der Waals surface area contributed by atoms with E-state index >= 15 is 0 Å². The molecule has 0 heterocycles. The first-order chi connectivity index (χ1) is 9.82. The molecule has 0 aliphatic carbocycles. The quantitative estimate of drug-likeness (QED) is 0.751. The average Bonchev–Trinajstić information content (AvgIpc) is 2.41. The van der Waals surface area contributed by atoms with Crippen molar-refractivity contribution in [2.24, 2.45) is 0 Å². The number of rotatable bonds is 3. The molecule has 6 heteroatoms. The standard InChI is InChI=1S/C15H12BrClF3N/c1-21-14(12-7-6-11(16)8-13(12)17)9-2-4-10(5-3-9)15(18,19)20/h2-8,14,21H,1H3. The van der Waals surface area contributed by atoms with Gasteiger partial charge in [-0.25, -0.2) is 0 Å². The molecule has 0 radical (unpaired) electrons. The molecule has 0 amide bonds. The molecule has 2 aromatic rings. The molecule has 0 bridgehead atoms. The van der Waals surface area contributed by atoms with Crippen molar-refractivity contribution in [3.8, 4) is 0 Å². The van der Waals surface area contributed by atoms with Gasteiger partial charge in [0.05, 0.1) is 11.6 Å². The van der Waals surface area contributed by atoms with Crippen LogP contribution in [0.5, 0.6) is 0 Å². The second-order valence-electron chi connectivity index (χ2n) is 4.51. The predicted octanol–water partition coefficient (Wildman–Crippen LogP) is 5.43. The van der Waals surface area contributed by atoms with E-state index in [1.807, 2.05) is 12.1 Å². The Morgan fingerprint density at radius 2 is 1.71 bits per heavy atom. The fourth-order valence-electron chi connectivity index (χ4n) is 2.10. The van der Waals surface area contributed by atoms with Gasteiger partial charge in [0.15, 0.2) is 0 Å². The number of hydrogen-bond donors (Lipinski definition) is 1. The molecule has 21 heavy (non-hydrogen) atoms. The van der Waals surface area contributed by atoms with E-state index in [9.17, 15) is 13.2 Å². The molecule has 1 N–H and O–H groups in total. The third-order valence-corrected chi connectivity index (χ3v) is 3.95. The van der Waals surface area contributed by atoms with Gasteiger partial charge in [0.1, 0.15) is 0 Å². The first-order valence-corrected chi connectivity index (χ1v) is 7.29. The molecule has 1 unspecified atom stereocenters. The Kier molecular flexibility index (Phi) is 4.96. The lowest BCUT2D eigenvalue weighted by Crippen LogP contribution is -2.18. The van der Waals surface area contributed by atoms with Crippen LogP contribution in [0.2, 0.25) is 5.02 Å². The van der Waals surface area contributed by atoms with Crippen LogP contribution in [0.15, 0.2) is 46.9 Å². The van der Waals surface area contributed by atoms with Crippen LogP contribution < -0.4 is 5.32 Å². The molecule has 0 saturated carbocycles. The highest BCUT2D eigenvalue weighted by Crippen LogP contribution is 2.33. The van der Waals surface area contributed by atoms with Crippen LogP contribution in [0.3, 0.4) is 0 Å². The van der Waals surface area contributed by atoms with Gasteiger partial charge in [0.2, 0.25) is 0 Å². The van der Waals surface area contributed by atoms with Crippen molar-refractivity contribution in [1.82, 2.24) is 5.32 Å². The molecule has 0 spiro atoms. The lowest BCUT2D eigenvalue weighted by atomic mass is 9.97. The Morgan fingerprint density at radius 3 is 2.19 bits per heavy atom. The van der Waals surface area contributed by atoms with Gasteiger partial charge in [-0.05, 0) is 42.4 Å². The Bertz CT molecular complexity index is 626. The minimum Gasteiger partial charge on any atom is -0.309 e. The maximum atomic E-state index is 12.6. The first-order valence-electron chi connectivity index (χ1n) is 6.12. The molecular weight excluding hydrogens is 367 g/mol. The van der Waals surface area contributed by atoms with Gasteiger partial charge < -0.3 is 5.32 Å². The van der Waals surface area contributed by atoms with Gasteiger partial charge in [0, 0.05) is 9.50 Å². The third-order valence-electron chi connectivity index (χ3n) is 3.13. The summed E-state index contributed by atoms with van der Waals surface area (Å²) in [7, 11) is 1.74. The molecule has 0 aliphatic rings. The molecule has 0 fully saturated rings. The number of nitrogens with one attached hydrogen (secondary N) is 1. The van der Waals surface area contributed by atoms with E-state index in [1.165, 1.54) is 12.1 Å². The highest BCUT2D eigenvalue weighted by Gasteiger charge is 2.30. The highest BCUT2D eigenvalue weighted by molar-refractivity contribution is 9.10. The van der Waals surface area contributed by atoms with Gasteiger partial charge in [0.25, 0.3) is 0 Å². The summed E-state index contributed by atoms with van der Waals surface area (Å²) in [5.74, 6) is 0. The Labute approximate surface area is 134 Å². The normalized spacial score (nSPS) is 13.2. The lowest BCUT2D eigenvalue weighted by Gasteiger charge is -2.19. The van der Waals surface area contributed by atoms with Gasteiger partial charge in [-0.1, -0.05) is 45.7 Å². The summed E-state index contributed by atoms with van der Waals surface area (Å²) < 4.78 is 38.6. The number of hydrogen-bond acceptors (Lipinski definition) is 1. The second kappa shape index (κ2) is 6.38. The van der Waals surface area contributed by atoms with Crippen molar-refractivity contribution in [3.63, 3.8) is 0 Å². The minimum absolute atomic E-state index is 0.270. The first kappa shape index (κ1) is 16.3. The Morgan fingerprint density at radius 1 is 1.10 bits per heavy atom. The summed E-state index contributed by atoms with van der Waals surface area (Å²) in [5, 5.41) is 3.62. The van der Waals surface area contributed by atoms with Gasteiger partial charge in [-0.15, -0.1) is 0 Å². The zero-order chi connectivity index (χ0) is 15.6. The summed E-state index contributed by atoms with van der Waals surface area (Å²) in [6.45, 7) is 0. The Hall–Kier alpha value is -1.04. The van der Waals surface area contributed by atoms with Crippen LogP contribution in [-0.4, -0.2) is 7.05 Å². The molecule has 0 saturated heterocycles. The number of halogens is 5. The molecule has 112 valence electrons. The molecular formula is C15H12BrClF3N. The highest BCUT2D eigenvalue weighted by atomic mass is 79.9. The average molecular weight is 379 g/mol. The van der Waals surface area contributed by atoms with Crippen LogP contribution in [0, 0.1) is 0 Å². The van der Waals surface area contributed by atoms with E-state index in [4.69, 9.17) is 11.6 Å². The zero-order valence-corrected chi connectivity index (χ0v) is 13.4. The topological polar surface area (TPSA) is 12.0 Å². The fraction of sp³-hybridized carbons (Fsp3) is 0.200. The SMILES string of the molecule is CNC(c1ccc(C(F)(F)F)cc1)c1ccc(Br)cc1Cl. The van der Waals surface area contributed by atoms with Crippen molar-refractivity contribution in [2.45, 2.75) is 12.2 Å². The van der Waals surface area contributed by atoms with Crippen molar-refractivity contribution >= 4 is 27.5 Å². The van der Waals surface area contributed by atoms with Crippen LogP contribution >= 0.6 is 27.5 Å². The fourth-order valence-corrected chi connectivity index (χ4v) is 2.88. The predicted molar refractivity (Wildman–Crippen MR) is 81.5 cm³/mol. The van der Waals surface area contributed by atoms with E-state index in [0.29, 0.717) is 5.02 Å². The number of alkyl halides is 3. The number of benzene rings is 2.